The van der Waals surface area contributed by atoms with Crippen molar-refractivity contribution in [2.75, 3.05) is 19.7 Å². The average molecular weight is 261 g/mol. The summed E-state index contributed by atoms with van der Waals surface area (Å²) in [5, 5.41) is -0.448. The van der Waals surface area contributed by atoms with Gasteiger partial charge >= 0.3 is 0 Å². The largest absolute Gasteiger partial charge is 0.371 e. The molecular formula is C12H21ClN2O2. The number of hydrogen-bond donors (Lipinski definition) is 1. The van der Waals surface area contributed by atoms with Gasteiger partial charge in [-0.1, -0.05) is 0 Å². The number of hydrogen-bond acceptors (Lipinski definition) is 3. The van der Waals surface area contributed by atoms with Crippen molar-refractivity contribution in [3.63, 3.8) is 0 Å². The normalized spacial score (nSPS) is 35.9. The molecule has 0 aromatic heterocycles. The molecule has 1 heterocycles. The summed E-state index contributed by atoms with van der Waals surface area (Å²) in [6.45, 7) is 3.67. The summed E-state index contributed by atoms with van der Waals surface area (Å²) >= 11 is 5.86. The number of nitrogens with two attached hydrogens (primary N) is 1. The number of halogens is 1. The molecule has 0 aromatic rings. The van der Waals surface area contributed by atoms with Gasteiger partial charge in [-0.2, -0.15) is 0 Å². The lowest BCUT2D eigenvalue weighted by Crippen LogP contribution is -2.56. The van der Waals surface area contributed by atoms with Crippen LogP contribution in [0.4, 0.5) is 0 Å². The minimum atomic E-state index is -0.448. The van der Waals surface area contributed by atoms with Crippen molar-refractivity contribution in [2.45, 2.75) is 49.6 Å². The molecule has 4 nitrogen and oxygen atoms in total. The van der Waals surface area contributed by atoms with E-state index >= 15 is 0 Å². The Hall–Kier alpha value is -0.320. The summed E-state index contributed by atoms with van der Waals surface area (Å²) in [6.07, 6.45) is 3.88. The summed E-state index contributed by atoms with van der Waals surface area (Å²) < 4.78 is 5.92. The van der Waals surface area contributed by atoms with Gasteiger partial charge in [-0.05, 0) is 32.6 Å². The number of rotatable bonds is 1. The summed E-state index contributed by atoms with van der Waals surface area (Å²) in [6, 6.07) is 0.294. The predicted molar refractivity (Wildman–Crippen MR) is 67.0 cm³/mol. The van der Waals surface area contributed by atoms with Crippen LogP contribution in [0.3, 0.4) is 0 Å². The van der Waals surface area contributed by atoms with Crippen LogP contribution in [0.25, 0.3) is 0 Å². The van der Waals surface area contributed by atoms with E-state index in [-0.39, 0.29) is 11.5 Å². The van der Waals surface area contributed by atoms with Crippen molar-refractivity contribution in [3.05, 3.63) is 0 Å². The van der Waals surface area contributed by atoms with Gasteiger partial charge in [0.15, 0.2) is 0 Å². The second-order valence-electron chi connectivity index (χ2n) is 5.24. The first-order valence-corrected chi connectivity index (χ1v) is 6.78. The first kappa shape index (κ1) is 13.1. The lowest BCUT2D eigenvalue weighted by molar-refractivity contribution is -0.156. The van der Waals surface area contributed by atoms with Crippen LogP contribution in [0, 0.1) is 0 Å². The van der Waals surface area contributed by atoms with Gasteiger partial charge in [-0.3, -0.25) is 4.79 Å². The van der Waals surface area contributed by atoms with Gasteiger partial charge < -0.3 is 15.4 Å². The Kier molecular flexibility index (Phi) is 3.95. The molecule has 1 atom stereocenters. The van der Waals surface area contributed by atoms with E-state index in [1.165, 1.54) is 0 Å². The van der Waals surface area contributed by atoms with Gasteiger partial charge in [0, 0.05) is 19.1 Å². The smallest absolute Gasteiger partial charge is 0.240 e. The Bertz CT molecular complexity index is 288. The molecule has 1 amide bonds. The van der Waals surface area contributed by atoms with E-state index in [4.69, 9.17) is 22.1 Å². The molecule has 5 heteroatoms. The van der Waals surface area contributed by atoms with Crippen LogP contribution in [0.15, 0.2) is 0 Å². The van der Waals surface area contributed by atoms with Crippen LogP contribution < -0.4 is 5.73 Å². The van der Waals surface area contributed by atoms with Crippen molar-refractivity contribution in [2.24, 2.45) is 5.73 Å². The highest BCUT2D eigenvalue weighted by atomic mass is 35.5. The first-order valence-electron chi connectivity index (χ1n) is 6.35. The van der Waals surface area contributed by atoms with E-state index in [0.717, 1.165) is 25.7 Å². The van der Waals surface area contributed by atoms with E-state index in [2.05, 4.69) is 0 Å². The summed E-state index contributed by atoms with van der Waals surface area (Å²) in [4.78, 5) is 13.7. The second-order valence-corrected chi connectivity index (χ2v) is 5.90. The third-order valence-corrected chi connectivity index (χ3v) is 4.03. The number of ether oxygens (including phenoxy) is 1. The molecule has 1 spiro atoms. The van der Waals surface area contributed by atoms with Crippen molar-refractivity contribution in [1.82, 2.24) is 4.90 Å². The molecular weight excluding hydrogens is 240 g/mol. The maximum atomic E-state index is 11.9. The lowest BCUT2D eigenvalue weighted by atomic mass is 9.81. The zero-order valence-electron chi connectivity index (χ0n) is 10.3. The number of alkyl halides is 1. The maximum absolute atomic E-state index is 11.9. The van der Waals surface area contributed by atoms with Crippen LogP contribution in [-0.4, -0.2) is 47.5 Å². The summed E-state index contributed by atoms with van der Waals surface area (Å²) in [7, 11) is 0. The molecule has 0 bridgehead atoms. The first-order chi connectivity index (χ1) is 8.02. The fourth-order valence-electron chi connectivity index (χ4n) is 2.75. The van der Waals surface area contributed by atoms with Crippen molar-refractivity contribution in [1.29, 1.82) is 0 Å². The Morgan fingerprint density at radius 1 is 1.53 bits per heavy atom. The summed E-state index contributed by atoms with van der Waals surface area (Å²) in [5.41, 5.74) is 5.75. The van der Waals surface area contributed by atoms with Crippen LogP contribution in [0.2, 0.25) is 0 Å². The molecule has 1 aliphatic carbocycles. The highest BCUT2D eigenvalue weighted by molar-refractivity contribution is 6.30. The molecule has 1 saturated carbocycles. The number of amides is 1. The zero-order valence-corrected chi connectivity index (χ0v) is 11.1. The molecule has 2 rings (SSSR count). The Labute approximate surface area is 107 Å². The quantitative estimate of drug-likeness (QED) is 0.719. The number of morpholine rings is 1. The molecule has 17 heavy (non-hydrogen) atoms. The number of nitrogens with zero attached hydrogens (tertiary/aromatic N) is 1. The second kappa shape index (κ2) is 5.12. The van der Waals surface area contributed by atoms with Crippen molar-refractivity contribution >= 4 is 17.5 Å². The monoisotopic (exact) mass is 260 g/mol. The van der Waals surface area contributed by atoms with Gasteiger partial charge in [0.25, 0.3) is 0 Å². The van der Waals surface area contributed by atoms with Crippen LogP contribution in [-0.2, 0) is 9.53 Å². The van der Waals surface area contributed by atoms with Crippen LogP contribution in [0.5, 0.6) is 0 Å². The van der Waals surface area contributed by atoms with Gasteiger partial charge in [0.05, 0.1) is 12.2 Å². The highest BCUT2D eigenvalue weighted by Gasteiger charge is 2.41. The van der Waals surface area contributed by atoms with Crippen molar-refractivity contribution < 1.29 is 9.53 Å². The molecule has 98 valence electrons. The van der Waals surface area contributed by atoms with E-state index < -0.39 is 5.38 Å². The number of carbonyl (C=O) groups is 1. The molecule has 1 unspecified atom stereocenters. The Morgan fingerprint density at radius 2 is 2.18 bits per heavy atom. The minimum absolute atomic E-state index is 0.0178. The van der Waals surface area contributed by atoms with E-state index in [1.807, 2.05) is 4.90 Å². The van der Waals surface area contributed by atoms with Crippen LogP contribution in [0.1, 0.15) is 32.6 Å². The molecule has 1 aliphatic heterocycles. The molecule has 2 aliphatic rings. The molecule has 0 aromatic carbocycles. The predicted octanol–water partition coefficient (Wildman–Crippen LogP) is 1.11. The molecule has 1 saturated heterocycles. The molecule has 0 radical (unpaired) electrons. The lowest BCUT2D eigenvalue weighted by Gasteiger charge is -2.46. The van der Waals surface area contributed by atoms with E-state index in [0.29, 0.717) is 25.7 Å². The van der Waals surface area contributed by atoms with Gasteiger partial charge in [-0.25, -0.2) is 0 Å². The maximum Gasteiger partial charge on any atom is 0.240 e. The highest BCUT2D eigenvalue weighted by Crippen LogP contribution is 2.34. The minimum Gasteiger partial charge on any atom is -0.371 e. The molecule has 2 fully saturated rings. The van der Waals surface area contributed by atoms with Gasteiger partial charge in [0.2, 0.25) is 5.91 Å². The topological polar surface area (TPSA) is 55.6 Å². The Balaban J connectivity index is 1.99. The average Bonchev–Trinajstić information content (AvgIpc) is 2.32. The third kappa shape index (κ3) is 2.92. The fourth-order valence-corrected chi connectivity index (χ4v) is 2.89. The van der Waals surface area contributed by atoms with Gasteiger partial charge in [-0.15, -0.1) is 11.6 Å². The van der Waals surface area contributed by atoms with E-state index in [9.17, 15) is 4.79 Å². The summed E-state index contributed by atoms with van der Waals surface area (Å²) in [5.74, 6) is 0.0178. The van der Waals surface area contributed by atoms with Gasteiger partial charge in [0.1, 0.15) is 5.38 Å². The Morgan fingerprint density at radius 3 is 2.76 bits per heavy atom. The third-order valence-electron chi connectivity index (χ3n) is 3.84. The SMILES string of the molecule is CC(Cl)C(=O)N1CCOC2(CCC(N)CC2)C1. The standard InChI is InChI=1S/C12H21ClN2O2/c1-9(13)11(16)15-6-7-17-12(8-15)4-2-10(14)3-5-12/h9-10H,2-8,14H2,1H3. The molecule has 2 N–H and O–H groups in total. The van der Waals surface area contributed by atoms with E-state index in [1.54, 1.807) is 6.92 Å². The zero-order chi connectivity index (χ0) is 12.5. The number of carbonyl (C=O) groups excluding carboxylic acids is 1. The fraction of sp³-hybridized carbons (Fsp3) is 0.917. The van der Waals surface area contributed by atoms with Crippen LogP contribution >= 0.6 is 11.6 Å². The van der Waals surface area contributed by atoms with Crippen molar-refractivity contribution in [3.8, 4) is 0 Å².